The van der Waals surface area contributed by atoms with Crippen molar-refractivity contribution in [2.75, 3.05) is 5.88 Å². The van der Waals surface area contributed by atoms with Crippen molar-refractivity contribution < 1.29 is 23.1 Å². The fraction of sp³-hybridized carbons (Fsp3) is 0.414. The smallest absolute Gasteiger partial charge is 0.254 e. The quantitative estimate of drug-likeness (QED) is 0.313. The predicted molar refractivity (Wildman–Crippen MR) is 163 cm³/mol. The van der Waals surface area contributed by atoms with Crippen LogP contribution in [0, 0.1) is 13.8 Å². The first-order valence-electron chi connectivity index (χ1n) is 13.4. The number of thioether (sulfide) groups is 1. The molecule has 0 spiro atoms. The van der Waals surface area contributed by atoms with Crippen molar-refractivity contribution in [2.24, 2.45) is 7.05 Å². The lowest BCUT2D eigenvalue weighted by Crippen LogP contribution is -2.58. The van der Waals surface area contributed by atoms with Crippen LogP contribution in [0.15, 0.2) is 59.5 Å². The van der Waals surface area contributed by atoms with Crippen LogP contribution in [0.25, 0.3) is 0 Å². The van der Waals surface area contributed by atoms with E-state index in [1.165, 1.54) is 35.3 Å². The van der Waals surface area contributed by atoms with Gasteiger partial charge in [-0.1, -0.05) is 66.2 Å². The van der Waals surface area contributed by atoms with Crippen LogP contribution >= 0.6 is 23.4 Å². The summed E-state index contributed by atoms with van der Waals surface area (Å²) >= 11 is 7.67. The van der Waals surface area contributed by atoms with E-state index in [-0.39, 0.29) is 40.5 Å². The van der Waals surface area contributed by atoms with Gasteiger partial charge in [0.25, 0.3) is 5.91 Å². The fourth-order valence-corrected chi connectivity index (χ4v) is 8.23. The zero-order valence-corrected chi connectivity index (χ0v) is 26.6. The van der Waals surface area contributed by atoms with E-state index in [4.69, 9.17) is 11.6 Å². The molecular formula is C29H36ClN5O5S2. The second kappa shape index (κ2) is 12.8. The van der Waals surface area contributed by atoms with E-state index < -0.39 is 38.9 Å². The summed E-state index contributed by atoms with van der Waals surface area (Å²) in [7, 11) is -2.78. The molecule has 3 atom stereocenters. The van der Waals surface area contributed by atoms with Gasteiger partial charge in [0.15, 0.2) is 0 Å². The Hall–Kier alpha value is -2.90. The first-order valence-corrected chi connectivity index (χ1v) is 16.3. The van der Waals surface area contributed by atoms with Crippen molar-refractivity contribution in [1.29, 1.82) is 0 Å². The molecule has 1 saturated heterocycles. The van der Waals surface area contributed by atoms with Crippen LogP contribution < -0.4 is 10.0 Å². The molecule has 1 aromatic heterocycles. The summed E-state index contributed by atoms with van der Waals surface area (Å²) < 4.78 is 30.1. The van der Waals surface area contributed by atoms with Gasteiger partial charge in [-0.25, -0.2) is 13.1 Å². The Morgan fingerprint density at radius 3 is 2.40 bits per heavy atom. The van der Waals surface area contributed by atoms with E-state index in [0.717, 1.165) is 11.1 Å². The number of nitrogens with zero attached hydrogens (tertiary/aromatic N) is 3. The highest BCUT2D eigenvalue weighted by Gasteiger charge is 2.50. The highest BCUT2D eigenvalue weighted by Crippen LogP contribution is 2.40. The first-order chi connectivity index (χ1) is 19.7. The number of halogens is 1. The van der Waals surface area contributed by atoms with Gasteiger partial charge in [0.1, 0.15) is 22.2 Å². The number of benzene rings is 2. The molecular weight excluding hydrogens is 598 g/mol. The molecule has 0 aliphatic carbocycles. The van der Waals surface area contributed by atoms with E-state index >= 15 is 0 Å². The van der Waals surface area contributed by atoms with Gasteiger partial charge >= 0.3 is 0 Å². The van der Waals surface area contributed by atoms with Crippen LogP contribution in [0.2, 0.25) is 5.15 Å². The molecule has 0 bridgehead atoms. The van der Waals surface area contributed by atoms with E-state index in [0.29, 0.717) is 5.56 Å². The molecule has 3 unspecified atom stereocenters. The standard InChI is InChI=1S/C29H36ClN5O5S2/c1-18-11-9-10-14-21(18)16-31-27(37)25-29(3,4)41-17-35(25)28(38)23(36)22(15-20-12-7-6-8-13-20)33-42(39,40)24-19(2)32-34(5)26(24)30/h6-14,22-23,25,33,36H,15-17H2,1-5H3,(H,31,37). The molecule has 1 fully saturated rings. The highest BCUT2D eigenvalue weighted by molar-refractivity contribution is 8.00. The number of aliphatic hydroxyl groups excluding tert-OH is 1. The van der Waals surface area contributed by atoms with Crippen molar-refractivity contribution in [2.45, 2.75) is 68.5 Å². The summed E-state index contributed by atoms with van der Waals surface area (Å²) in [6.07, 6.45) is -1.78. The maximum atomic E-state index is 13.9. The average Bonchev–Trinajstić information content (AvgIpc) is 3.40. The van der Waals surface area contributed by atoms with Crippen LogP contribution in [0.3, 0.4) is 0 Å². The topological polar surface area (TPSA) is 134 Å². The summed E-state index contributed by atoms with van der Waals surface area (Å²) in [4.78, 5) is 28.5. The number of aliphatic hydroxyl groups is 1. The molecule has 4 rings (SSSR count). The van der Waals surface area contributed by atoms with Gasteiger partial charge in [-0.2, -0.15) is 5.10 Å². The minimum atomic E-state index is -4.30. The number of sulfonamides is 1. The molecule has 3 N–H and O–H groups in total. The van der Waals surface area contributed by atoms with Crippen LogP contribution in [-0.2, 0) is 39.6 Å². The minimum Gasteiger partial charge on any atom is -0.382 e. The van der Waals surface area contributed by atoms with E-state index in [2.05, 4.69) is 15.1 Å². The van der Waals surface area contributed by atoms with E-state index in [1.807, 2.05) is 51.1 Å². The van der Waals surface area contributed by atoms with Crippen molar-refractivity contribution in [3.05, 3.63) is 82.1 Å². The fourth-order valence-electron chi connectivity index (χ4n) is 5.10. The third-order valence-electron chi connectivity index (χ3n) is 7.40. The number of nitrogens with one attached hydrogen (secondary N) is 2. The van der Waals surface area contributed by atoms with Crippen LogP contribution in [0.4, 0.5) is 0 Å². The third-order valence-corrected chi connectivity index (χ3v) is 11.0. The van der Waals surface area contributed by atoms with Gasteiger partial charge in [-0.3, -0.25) is 14.3 Å². The van der Waals surface area contributed by atoms with Gasteiger partial charge in [-0.05, 0) is 50.8 Å². The number of hydrogen-bond acceptors (Lipinski definition) is 7. The molecule has 226 valence electrons. The molecule has 1 aliphatic heterocycles. The first kappa shape index (κ1) is 32.0. The monoisotopic (exact) mass is 633 g/mol. The highest BCUT2D eigenvalue weighted by atomic mass is 35.5. The molecule has 1 aliphatic rings. The van der Waals surface area contributed by atoms with Gasteiger partial charge in [0, 0.05) is 18.3 Å². The lowest BCUT2D eigenvalue weighted by Gasteiger charge is -2.33. The number of rotatable bonds is 10. The summed E-state index contributed by atoms with van der Waals surface area (Å²) in [6.45, 7) is 7.49. The maximum Gasteiger partial charge on any atom is 0.254 e. The number of carbonyl (C=O) groups excluding carboxylic acids is 2. The van der Waals surface area contributed by atoms with Crippen molar-refractivity contribution in [1.82, 2.24) is 24.7 Å². The molecule has 3 aromatic rings. The largest absolute Gasteiger partial charge is 0.382 e. The molecule has 2 amide bonds. The summed E-state index contributed by atoms with van der Waals surface area (Å²) in [5.41, 5.74) is 2.86. The van der Waals surface area contributed by atoms with Gasteiger partial charge in [0.05, 0.1) is 17.6 Å². The number of amides is 2. The Bertz CT molecular complexity index is 1560. The lowest BCUT2D eigenvalue weighted by atomic mass is 9.97. The zero-order chi connectivity index (χ0) is 30.8. The SMILES string of the molecule is Cc1ccccc1CNC(=O)C1N(C(=O)C(O)C(Cc2ccccc2)NS(=O)(=O)c2c(C)nn(C)c2Cl)CSC1(C)C. The van der Waals surface area contributed by atoms with E-state index in [1.54, 1.807) is 24.3 Å². The average molecular weight is 634 g/mol. The second-order valence-electron chi connectivity index (χ2n) is 10.9. The number of hydrogen-bond donors (Lipinski definition) is 3. The van der Waals surface area contributed by atoms with Gasteiger partial charge < -0.3 is 15.3 Å². The molecule has 13 heteroatoms. The molecule has 42 heavy (non-hydrogen) atoms. The van der Waals surface area contributed by atoms with Crippen LogP contribution in [-0.4, -0.2) is 68.8 Å². The van der Waals surface area contributed by atoms with Gasteiger partial charge in [-0.15, -0.1) is 11.8 Å². The molecule has 2 aromatic carbocycles. The molecule has 2 heterocycles. The summed E-state index contributed by atoms with van der Waals surface area (Å²) in [5, 5.41) is 18.4. The Labute approximate surface area is 255 Å². The minimum absolute atomic E-state index is 0.0123. The Kier molecular flexibility index (Phi) is 9.73. The van der Waals surface area contributed by atoms with Crippen molar-refractivity contribution >= 4 is 45.2 Å². The summed E-state index contributed by atoms with van der Waals surface area (Å²) in [6, 6.07) is 14.5. The predicted octanol–water partition coefficient (Wildman–Crippen LogP) is 2.94. The Balaban J connectivity index is 1.60. The zero-order valence-electron chi connectivity index (χ0n) is 24.2. The number of aryl methyl sites for hydroxylation is 3. The molecule has 0 radical (unpaired) electrons. The normalized spacial score (nSPS) is 18.1. The van der Waals surface area contributed by atoms with E-state index in [9.17, 15) is 23.1 Å². The molecule has 10 nitrogen and oxygen atoms in total. The lowest BCUT2D eigenvalue weighted by molar-refractivity contribution is -0.147. The van der Waals surface area contributed by atoms with Gasteiger partial charge in [0.2, 0.25) is 15.9 Å². The molecule has 0 saturated carbocycles. The Morgan fingerprint density at radius 1 is 1.14 bits per heavy atom. The van der Waals surface area contributed by atoms with Crippen LogP contribution in [0.1, 0.15) is 36.2 Å². The maximum absolute atomic E-state index is 13.9. The third kappa shape index (κ3) is 6.84. The summed E-state index contributed by atoms with van der Waals surface area (Å²) in [5.74, 6) is -0.947. The van der Waals surface area contributed by atoms with Crippen LogP contribution in [0.5, 0.6) is 0 Å². The van der Waals surface area contributed by atoms with Crippen molar-refractivity contribution in [3.8, 4) is 0 Å². The number of aromatic nitrogens is 2. The Morgan fingerprint density at radius 2 is 1.79 bits per heavy atom. The second-order valence-corrected chi connectivity index (χ2v) is 14.5. The van der Waals surface area contributed by atoms with Crippen molar-refractivity contribution in [3.63, 3.8) is 0 Å². The number of carbonyl (C=O) groups is 2.